The summed E-state index contributed by atoms with van der Waals surface area (Å²) in [6, 6.07) is 3.71. The highest BCUT2D eigenvalue weighted by Crippen LogP contribution is 2.18. The van der Waals surface area contributed by atoms with Gasteiger partial charge in [0.15, 0.2) is 0 Å². The van der Waals surface area contributed by atoms with E-state index in [0.29, 0.717) is 16.9 Å². The predicted molar refractivity (Wildman–Crippen MR) is 68.3 cm³/mol. The Bertz CT molecular complexity index is 568. The Kier molecular flexibility index (Phi) is 3.21. The molecule has 2 rings (SSSR count). The van der Waals surface area contributed by atoms with E-state index in [9.17, 15) is 4.79 Å². The molecule has 0 unspecified atom stereocenters. The summed E-state index contributed by atoms with van der Waals surface area (Å²) in [5.74, 6) is 0.0774. The van der Waals surface area contributed by atoms with Crippen molar-refractivity contribution >= 4 is 45.7 Å². The fourth-order valence-corrected chi connectivity index (χ4v) is 2.41. The van der Waals surface area contributed by atoms with Crippen molar-refractivity contribution in [3.05, 3.63) is 31.7 Å². The number of thiophene rings is 1. The fraction of sp³-hybridized carbons (Fsp3) is 0. The molecule has 16 heavy (non-hydrogen) atoms. The second-order valence-corrected chi connectivity index (χ2v) is 5.67. The highest BCUT2D eigenvalue weighted by molar-refractivity contribution is 14.1. The first-order valence-electron chi connectivity index (χ1n) is 4.19. The van der Waals surface area contributed by atoms with Crippen LogP contribution in [0.4, 0.5) is 5.82 Å². The molecule has 0 radical (unpaired) electrons. The first-order valence-corrected chi connectivity index (χ1v) is 6.15. The Morgan fingerprint density at radius 1 is 1.69 bits per heavy atom. The maximum atomic E-state index is 11.7. The standard InChI is InChI=1S/C9H5IN4OS/c10-7-1-5(4-16-7)9(15)13-8-6(2-11)3-12-14-8/h1,3-4H,(H2,12,13,14,15). The van der Waals surface area contributed by atoms with Gasteiger partial charge in [0.05, 0.1) is 14.6 Å². The normalized spacial score (nSPS) is 9.75. The summed E-state index contributed by atoms with van der Waals surface area (Å²) in [5, 5.41) is 19.3. The van der Waals surface area contributed by atoms with E-state index in [2.05, 4.69) is 38.1 Å². The highest BCUT2D eigenvalue weighted by Gasteiger charge is 2.11. The molecule has 0 aliphatic carbocycles. The summed E-state index contributed by atoms with van der Waals surface area (Å²) in [6.45, 7) is 0. The van der Waals surface area contributed by atoms with Crippen LogP contribution >= 0.6 is 33.9 Å². The van der Waals surface area contributed by atoms with Crippen molar-refractivity contribution in [2.24, 2.45) is 0 Å². The molecule has 2 aromatic rings. The average Bonchev–Trinajstić information content (AvgIpc) is 2.86. The van der Waals surface area contributed by atoms with E-state index in [-0.39, 0.29) is 5.91 Å². The van der Waals surface area contributed by atoms with Gasteiger partial charge in [-0.2, -0.15) is 10.4 Å². The van der Waals surface area contributed by atoms with E-state index in [1.165, 1.54) is 17.5 Å². The van der Waals surface area contributed by atoms with E-state index < -0.39 is 0 Å². The van der Waals surface area contributed by atoms with Gasteiger partial charge in [-0.3, -0.25) is 9.89 Å². The van der Waals surface area contributed by atoms with Crippen molar-refractivity contribution in [3.8, 4) is 6.07 Å². The quantitative estimate of drug-likeness (QED) is 0.820. The smallest absolute Gasteiger partial charge is 0.257 e. The molecule has 2 N–H and O–H groups in total. The number of H-pyrrole nitrogens is 1. The number of hydrogen-bond acceptors (Lipinski definition) is 4. The lowest BCUT2D eigenvalue weighted by molar-refractivity contribution is 0.102. The summed E-state index contributed by atoms with van der Waals surface area (Å²) < 4.78 is 1.04. The van der Waals surface area contributed by atoms with Gasteiger partial charge in [0.25, 0.3) is 5.91 Å². The first kappa shape index (κ1) is 11.1. The Morgan fingerprint density at radius 2 is 2.50 bits per heavy atom. The van der Waals surface area contributed by atoms with E-state index in [4.69, 9.17) is 5.26 Å². The third kappa shape index (κ3) is 2.23. The molecular weight excluding hydrogens is 339 g/mol. The predicted octanol–water partition coefficient (Wildman–Crippen LogP) is 2.20. The molecule has 0 atom stereocenters. The number of anilines is 1. The fourth-order valence-electron chi connectivity index (χ4n) is 1.08. The van der Waals surface area contributed by atoms with Gasteiger partial charge < -0.3 is 5.32 Å². The molecule has 0 spiro atoms. The van der Waals surface area contributed by atoms with E-state index in [0.717, 1.165) is 2.88 Å². The third-order valence-corrected chi connectivity index (χ3v) is 3.62. The minimum absolute atomic E-state index is 0.250. The molecule has 2 heterocycles. The molecule has 80 valence electrons. The first-order chi connectivity index (χ1) is 7.70. The van der Waals surface area contributed by atoms with Crippen LogP contribution < -0.4 is 5.32 Å². The second-order valence-electron chi connectivity index (χ2n) is 2.86. The van der Waals surface area contributed by atoms with Gasteiger partial charge in [-0.05, 0) is 28.7 Å². The third-order valence-electron chi connectivity index (χ3n) is 1.83. The van der Waals surface area contributed by atoms with Gasteiger partial charge in [0.2, 0.25) is 0 Å². The molecule has 0 aromatic carbocycles. The summed E-state index contributed by atoms with van der Waals surface area (Å²) >= 11 is 3.63. The largest absolute Gasteiger partial charge is 0.306 e. The summed E-state index contributed by atoms with van der Waals surface area (Å²) in [6.07, 6.45) is 1.37. The molecular formula is C9H5IN4OS. The van der Waals surface area contributed by atoms with Crippen LogP contribution in [-0.2, 0) is 0 Å². The molecule has 5 nitrogen and oxygen atoms in total. The van der Waals surface area contributed by atoms with Crippen LogP contribution in [0.15, 0.2) is 17.6 Å². The van der Waals surface area contributed by atoms with Gasteiger partial charge in [0.1, 0.15) is 17.5 Å². The minimum Gasteiger partial charge on any atom is -0.306 e. The molecule has 0 saturated carbocycles. The van der Waals surface area contributed by atoms with Crippen LogP contribution in [0.1, 0.15) is 15.9 Å². The van der Waals surface area contributed by atoms with Gasteiger partial charge in [-0.1, -0.05) is 0 Å². The van der Waals surface area contributed by atoms with Crippen molar-refractivity contribution in [2.45, 2.75) is 0 Å². The molecule has 2 aromatic heterocycles. The number of hydrogen-bond donors (Lipinski definition) is 2. The average molecular weight is 344 g/mol. The molecule has 0 bridgehead atoms. The van der Waals surface area contributed by atoms with Crippen molar-refractivity contribution < 1.29 is 4.79 Å². The number of halogens is 1. The highest BCUT2D eigenvalue weighted by atomic mass is 127. The van der Waals surface area contributed by atoms with Crippen LogP contribution in [0.3, 0.4) is 0 Å². The lowest BCUT2D eigenvalue weighted by Crippen LogP contribution is -2.12. The number of nitrogens with one attached hydrogen (secondary N) is 2. The van der Waals surface area contributed by atoms with E-state index in [1.54, 1.807) is 11.4 Å². The summed E-state index contributed by atoms with van der Waals surface area (Å²) in [7, 11) is 0. The SMILES string of the molecule is N#Cc1cn[nH]c1NC(=O)c1csc(I)c1. The van der Waals surface area contributed by atoms with Crippen LogP contribution in [-0.4, -0.2) is 16.1 Å². The lowest BCUT2D eigenvalue weighted by atomic mass is 10.3. The Morgan fingerprint density at radius 3 is 3.12 bits per heavy atom. The zero-order chi connectivity index (χ0) is 11.5. The van der Waals surface area contributed by atoms with Crippen LogP contribution in [0.2, 0.25) is 0 Å². The van der Waals surface area contributed by atoms with Crippen LogP contribution in [0.25, 0.3) is 0 Å². The lowest BCUT2D eigenvalue weighted by Gasteiger charge is -1.99. The van der Waals surface area contributed by atoms with Crippen molar-refractivity contribution in [1.82, 2.24) is 10.2 Å². The van der Waals surface area contributed by atoms with Crippen LogP contribution in [0, 0.1) is 14.2 Å². The van der Waals surface area contributed by atoms with E-state index in [1.807, 2.05) is 6.07 Å². The van der Waals surface area contributed by atoms with Gasteiger partial charge >= 0.3 is 0 Å². The second kappa shape index (κ2) is 4.63. The summed E-state index contributed by atoms with van der Waals surface area (Å²) in [4.78, 5) is 11.7. The number of amides is 1. The van der Waals surface area contributed by atoms with Crippen molar-refractivity contribution in [2.75, 3.05) is 5.32 Å². The minimum atomic E-state index is -0.250. The number of rotatable bonds is 2. The number of nitriles is 1. The number of nitrogens with zero attached hydrogens (tertiary/aromatic N) is 2. The number of aromatic nitrogens is 2. The monoisotopic (exact) mass is 344 g/mol. The molecule has 1 amide bonds. The molecule has 0 fully saturated rings. The van der Waals surface area contributed by atoms with Crippen LogP contribution in [0.5, 0.6) is 0 Å². The maximum Gasteiger partial charge on any atom is 0.257 e. The summed E-state index contributed by atoms with van der Waals surface area (Å²) in [5.41, 5.74) is 0.895. The Labute approximate surface area is 109 Å². The maximum absolute atomic E-state index is 11.7. The Hall–Kier alpha value is -1.40. The number of aromatic amines is 1. The van der Waals surface area contributed by atoms with Gasteiger partial charge in [0, 0.05) is 5.38 Å². The van der Waals surface area contributed by atoms with Gasteiger partial charge in [-0.15, -0.1) is 11.3 Å². The topological polar surface area (TPSA) is 81.6 Å². The molecule has 0 aliphatic heterocycles. The number of carbonyl (C=O) groups excluding carboxylic acids is 1. The zero-order valence-corrected chi connectivity index (χ0v) is 10.8. The van der Waals surface area contributed by atoms with E-state index >= 15 is 0 Å². The molecule has 0 aliphatic rings. The zero-order valence-electron chi connectivity index (χ0n) is 7.82. The van der Waals surface area contributed by atoms with Crippen molar-refractivity contribution in [1.29, 1.82) is 5.26 Å². The molecule has 0 saturated heterocycles. The Balaban J connectivity index is 2.17. The van der Waals surface area contributed by atoms with Crippen molar-refractivity contribution in [3.63, 3.8) is 0 Å². The molecule has 7 heteroatoms. The number of carbonyl (C=O) groups is 1. The van der Waals surface area contributed by atoms with Gasteiger partial charge in [-0.25, -0.2) is 0 Å².